The minimum absolute atomic E-state index is 0.0445. The smallest absolute Gasteiger partial charge is 0.418 e. The second-order valence-corrected chi connectivity index (χ2v) is 9.43. The molecule has 14 heteroatoms. The van der Waals surface area contributed by atoms with Crippen molar-refractivity contribution < 1.29 is 27.5 Å². The van der Waals surface area contributed by atoms with Crippen LogP contribution in [0.25, 0.3) is 11.3 Å². The zero-order chi connectivity index (χ0) is 27.4. The van der Waals surface area contributed by atoms with Gasteiger partial charge in [-0.3, -0.25) is 14.6 Å². The number of carbonyl (C=O) groups excluding carboxylic acids is 2. The van der Waals surface area contributed by atoms with E-state index in [0.717, 1.165) is 17.5 Å². The summed E-state index contributed by atoms with van der Waals surface area (Å²) in [4.78, 5) is 45.9. The lowest BCUT2D eigenvalue weighted by Crippen LogP contribution is -2.13. The van der Waals surface area contributed by atoms with E-state index in [4.69, 9.17) is 16.3 Å². The third-order valence-corrected chi connectivity index (χ3v) is 6.82. The first-order valence-corrected chi connectivity index (χ1v) is 12.1. The number of ketones is 1. The van der Waals surface area contributed by atoms with Crippen LogP contribution in [0.2, 0.25) is 5.02 Å². The Morgan fingerprint density at radius 2 is 1.92 bits per heavy atom. The summed E-state index contributed by atoms with van der Waals surface area (Å²) in [5, 5.41) is 2.22. The quantitative estimate of drug-likeness (QED) is 0.272. The molecule has 0 aliphatic carbocycles. The van der Waals surface area contributed by atoms with E-state index >= 15 is 0 Å². The van der Waals surface area contributed by atoms with E-state index in [9.17, 15) is 22.8 Å². The average Bonchev–Trinajstić information content (AvgIpc) is 3.40. The van der Waals surface area contributed by atoms with Crippen molar-refractivity contribution in [3.63, 3.8) is 0 Å². The number of halogens is 4. The van der Waals surface area contributed by atoms with Crippen LogP contribution in [-0.4, -0.2) is 43.7 Å². The summed E-state index contributed by atoms with van der Waals surface area (Å²) in [6.07, 6.45) is 1.87. The highest BCUT2D eigenvalue weighted by Gasteiger charge is 2.34. The number of Topliss-reactive ketones (excluding diaryl/α,β-unsaturated/α-hetero) is 1. The maximum Gasteiger partial charge on any atom is 0.418 e. The summed E-state index contributed by atoms with van der Waals surface area (Å²) in [6.45, 7) is 1.76. The van der Waals surface area contributed by atoms with Gasteiger partial charge in [-0.05, 0) is 18.2 Å². The van der Waals surface area contributed by atoms with Crippen molar-refractivity contribution in [3.05, 3.63) is 75.5 Å². The Bertz CT molecular complexity index is 1500. The summed E-state index contributed by atoms with van der Waals surface area (Å²) in [7, 11) is 1.52. The Kier molecular flexibility index (Phi) is 7.97. The molecule has 0 aliphatic rings. The summed E-state index contributed by atoms with van der Waals surface area (Å²) in [5.41, 5.74) is 0.152. The highest BCUT2D eigenvalue weighted by molar-refractivity contribution is 7.13. The lowest BCUT2D eigenvalue weighted by molar-refractivity contribution is -0.137. The van der Waals surface area contributed by atoms with Gasteiger partial charge in [0.15, 0.2) is 5.78 Å². The number of nitrogens with one attached hydrogen (secondary N) is 1. The fourth-order valence-corrected chi connectivity index (χ4v) is 4.48. The number of pyridine rings is 2. The molecule has 0 aromatic carbocycles. The standard InChI is InChI=1S/C24H18ClF3N6O3S/c1-12(5-18(35)17-7-16(32-11-33-17)13-8-29-4-3-19(13)37-2)23-31-10-20(38-23)22(36)34-21-6-14(24(26,27)28)15(25)9-30-21/h3-4,6-12H,5H2,1-2H3,(H,30,34,36). The Labute approximate surface area is 223 Å². The van der Waals surface area contributed by atoms with Crippen LogP contribution in [0.3, 0.4) is 0 Å². The molecule has 1 atom stereocenters. The predicted molar refractivity (Wildman–Crippen MR) is 133 cm³/mol. The van der Waals surface area contributed by atoms with Crippen molar-refractivity contribution in [3.8, 4) is 17.0 Å². The molecule has 0 spiro atoms. The molecule has 0 saturated heterocycles. The number of nitrogens with zero attached hydrogens (tertiary/aromatic N) is 5. The summed E-state index contributed by atoms with van der Waals surface area (Å²) in [5.74, 6) is -1.10. The first kappa shape index (κ1) is 27.1. The zero-order valence-corrected chi connectivity index (χ0v) is 21.4. The van der Waals surface area contributed by atoms with Gasteiger partial charge in [0.25, 0.3) is 5.91 Å². The number of aromatic nitrogens is 5. The van der Waals surface area contributed by atoms with Crippen LogP contribution in [-0.2, 0) is 6.18 Å². The monoisotopic (exact) mass is 562 g/mol. The van der Waals surface area contributed by atoms with E-state index in [2.05, 4.69) is 30.2 Å². The number of ether oxygens (including phenoxy) is 1. The molecule has 4 aromatic rings. The van der Waals surface area contributed by atoms with Gasteiger partial charge in [0, 0.05) is 30.9 Å². The Morgan fingerprint density at radius 1 is 1.13 bits per heavy atom. The number of amides is 1. The summed E-state index contributed by atoms with van der Waals surface area (Å²) >= 11 is 6.58. The first-order valence-electron chi connectivity index (χ1n) is 10.9. The molecule has 1 amide bonds. The van der Waals surface area contributed by atoms with Crippen LogP contribution in [0.5, 0.6) is 5.75 Å². The lowest BCUT2D eigenvalue weighted by atomic mass is 10.0. The van der Waals surface area contributed by atoms with Gasteiger partial charge in [-0.1, -0.05) is 18.5 Å². The predicted octanol–water partition coefficient (Wildman–Crippen LogP) is 5.70. The fraction of sp³-hybridized carbons (Fsp3) is 0.208. The average molecular weight is 563 g/mol. The van der Waals surface area contributed by atoms with Crippen LogP contribution in [0.15, 0.2) is 49.3 Å². The van der Waals surface area contributed by atoms with Gasteiger partial charge < -0.3 is 10.1 Å². The minimum Gasteiger partial charge on any atom is -0.496 e. The number of alkyl halides is 3. The number of hydrogen-bond donors (Lipinski definition) is 1. The SMILES string of the molecule is COc1ccncc1-c1cc(C(=O)CC(C)c2ncc(C(=O)Nc3cc(C(F)(F)F)c(Cl)cn3)s2)ncn1. The van der Waals surface area contributed by atoms with Gasteiger partial charge in [0.05, 0.1) is 40.2 Å². The van der Waals surface area contributed by atoms with E-state index < -0.39 is 22.7 Å². The van der Waals surface area contributed by atoms with E-state index in [1.165, 1.54) is 19.6 Å². The van der Waals surface area contributed by atoms with Crippen molar-refractivity contribution >= 4 is 40.4 Å². The molecule has 0 bridgehead atoms. The Morgan fingerprint density at radius 3 is 2.66 bits per heavy atom. The number of methoxy groups -OCH3 is 1. The molecule has 4 rings (SSSR count). The first-order chi connectivity index (χ1) is 18.1. The maximum absolute atomic E-state index is 13.1. The third-order valence-electron chi connectivity index (χ3n) is 5.29. The zero-order valence-electron chi connectivity index (χ0n) is 19.8. The van der Waals surface area contributed by atoms with E-state index in [-0.39, 0.29) is 34.5 Å². The van der Waals surface area contributed by atoms with Gasteiger partial charge in [-0.2, -0.15) is 13.2 Å². The molecule has 0 saturated carbocycles. The second kappa shape index (κ2) is 11.2. The largest absolute Gasteiger partial charge is 0.496 e. The molecule has 1 unspecified atom stereocenters. The fourth-order valence-electron chi connectivity index (χ4n) is 3.40. The van der Waals surface area contributed by atoms with Crippen molar-refractivity contribution in [1.82, 2.24) is 24.9 Å². The topological polar surface area (TPSA) is 120 Å². The van der Waals surface area contributed by atoms with Crippen LogP contribution >= 0.6 is 22.9 Å². The van der Waals surface area contributed by atoms with Gasteiger partial charge >= 0.3 is 6.18 Å². The Hall–Kier alpha value is -3.97. The molecular formula is C24H18ClF3N6O3S. The normalized spacial score (nSPS) is 12.2. The molecule has 38 heavy (non-hydrogen) atoms. The molecule has 0 aliphatic heterocycles. The number of carbonyl (C=O) groups is 2. The van der Waals surface area contributed by atoms with E-state index in [0.29, 0.717) is 28.1 Å². The third kappa shape index (κ3) is 6.11. The van der Waals surface area contributed by atoms with Gasteiger partial charge in [-0.15, -0.1) is 11.3 Å². The highest BCUT2D eigenvalue weighted by Crippen LogP contribution is 2.35. The van der Waals surface area contributed by atoms with E-state index in [1.807, 2.05) is 0 Å². The molecule has 4 heterocycles. The van der Waals surface area contributed by atoms with Crippen LogP contribution in [0, 0.1) is 0 Å². The van der Waals surface area contributed by atoms with Gasteiger partial charge in [-0.25, -0.2) is 19.9 Å². The number of rotatable bonds is 8. The molecule has 9 nitrogen and oxygen atoms in total. The van der Waals surface area contributed by atoms with Gasteiger partial charge in [0.1, 0.15) is 28.5 Å². The van der Waals surface area contributed by atoms with Crippen LogP contribution in [0.4, 0.5) is 19.0 Å². The number of hydrogen-bond acceptors (Lipinski definition) is 9. The van der Waals surface area contributed by atoms with Gasteiger partial charge in [0.2, 0.25) is 0 Å². The van der Waals surface area contributed by atoms with Crippen molar-refractivity contribution in [2.24, 2.45) is 0 Å². The maximum atomic E-state index is 13.1. The van der Waals surface area contributed by atoms with Crippen molar-refractivity contribution in [2.75, 3.05) is 12.4 Å². The molecule has 0 fully saturated rings. The number of thiazole rings is 1. The number of anilines is 1. The summed E-state index contributed by atoms with van der Waals surface area (Å²) in [6, 6.07) is 3.87. The minimum atomic E-state index is -4.70. The van der Waals surface area contributed by atoms with Crippen molar-refractivity contribution in [1.29, 1.82) is 0 Å². The second-order valence-electron chi connectivity index (χ2n) is 7.96. The molecule has 196 valence electrons. The van der Waals surface area contributed by atoms with Crippen LogP contribution < -0.4 is 10.1 Å². The molecule has 4 aromatic heterocycles. The van der Waals surface area contributed by atoms with E-state index in [1.54, 1.807) is 31.5 Å². The summed E-state index contributed by atoms with van der Waals surface area (Å²) < 4.78 is 44.5. The molecule has 0 radical (unpaired) electrons. The lowest BCUT2D eigenvalue weighted by Gasteiger charge is -2.10. The van der Waals surface area contributed by atoms with Crippen LogP contribution in [0.1, 0.15) is 50.0 Å². The highest BCUT2D eigenvalue weighted by atomic mass is 35.5. The van der Waals surface area contributed by atoms with Crippen molar-refractivity contribution in [2.45, 2.75) is 25.4 Å². The molecule has 1 N–H and O–H groups in total. The Balaban J connectivity index is 1.44. The molecular weight excluding hydrogens is 545 g/mol.